The Morgan fingerprint density at radius 2 is 1.68 bits per heavy atom. The van der Waals surface area contributed by atoms with Crippen LogP contribution in [0.3, 0.4) is 0 Å². The van der Waals surface area contributed by atoms with E-state index in [1.54, 1.807) is 12.5 Å². The third-order valence-corrected chi connectivity index (χ3v) is 4.03. The van der Waals surface area contributed by atoms with E-state index in [9.17, 15) is 4.79 Å². The molecule has 2 heterocycles. The van der Waals surface area contributed by atoms with E-state index in [2.05, 4.69) is 5.32 Å². The number of carbonyl (C=O) groups excluding carboxylic acids is 1. The van der Waals surface area contributed by atoms with Gasteiger partial charge in [0.05, 0.1) is 12.5 Å². The summed E-state index contributed by atoms with van der Waals surface area (Å²) in [5.41, 5.74) is 0.972. The molecule has 0 unspecified atom stereocenters. The fourth-order valence-corrected chi connectivity index (χ4v) is 2.86. The predicted molar refractivity (Wildman–Crippen MR) is 94.0 cm³/mol. The maximum Gasteiger partial charge on any atom is 0.275 e. The Morgan fingerprint density at radius 1 is 1.00 bits per heavy atom. The van der Waals surface area contributed by atoms with E-state index in [-0.39, 0.29) is 5.91 Å². The van der Waals surface area contributed by atoms with Crippen molar-refractivity contribution in [1.82, 2.24) is 5.32 Å². The molecule has 0 aliphatic rings. The van der Waals surface area contributed by atoms with Crippen LogP contribution in [0, 0.1) is 0 Å². The maximum absolute atomic E-state index is 12.3. The number of hydrogen-bond acceptors (Lipinski definition) is 3. The van der Waals surface area contributed by atoms with Crippen molar-refractivity contribution in [2.24, 2.45) is 0 Å². The molecular weight excluding hydrogens is 340 g/mol. The molecule has 0 aliphatic carbocycles. The van der Waals surface area contributed by atoms with Crippen molar-refractivity contribution in [3.8, 4) is 0 Å². The smallest absolute Gasteiger partial charge is 0.275 e. The van der Waals surface area contributed by atoms with Crippen molar-refractivity contribution in [2.75, 3.05) is 6.54 Å². The summed E-state index contributed by atoms with van der Waals surface area (Å²) >= 11 is 5.97. The van der Waals surface area contributed by atoms with E-state index >= 15 is 0 Å². The van der Waals surface area contributed by atoms with E-state index in [0.29, 0.717) is 31.2 Å². The van der Waals surface area contributed by atoms with E-state index in [0.717, 1.165) is 22.0 Å². The van der Waals surface area contributed by atoms with Gasteiger partial charge in [-0.25, -0.2) is 0 Å². The zero-order chi connectivity index (χ0) is 17.5. The first-order chi connectivity index (χ1) is 12.2. The molecule has 3 rings (SSSR count). The Morgan fingerprint density at radius 3 is 2.24 bits per heavy atom. The summed E-state index contributed by atoms with van der Waals surface area (Å²) in [5, 5.41) is 3.60. The first-order valence-corrected chi connectivity index (χ1v) is 8.46. The number of carbonyl (C=O) groups is 1. The van der Waals surface area contributed by atoms with Gasteiger partial charge >= 0.3 is 0 Å². The van der Waals surface area contributed by atoms with E-state index < -0.39 is 0 Å². The van der Waals surface area contributed by atoms with Crippen molar-refractivity contribution >= 4 is 17.5 Å². The maximum atomic E-state index is 12.3. The van der Waals surface area contributed by atoms with Gasteiger partial charge in [-0.05, 0) is 42.0 Å². The van der Waals surface area contributed by atoms with Crippen LogP contribution in [-0.2, 0) is 24.4 Å². The summed E-state index contributed by atoms with van der Waals surface area (Å²) < 4.78 is 10.8. The highest BCUT2D eigenvalue weighted by Crippen LogP contribution is 2.10. The quantitative estimate of drug-likeness (QED) is 0.649. The Bertz CT molecular complexity index is 749. The van der Waals surface area contributed by atoms with Gasteiger partial charge in [-0.1, -0.05) is 23.7 Å². The fraction of sp³-hybridized carbons (Fsp3) is 0.211. The van der Waals surface area contributed by atoms with Gasteiger partial charge in [0.15, 0.2) is 18.1 Å². The highest BCUT2D eigenvalue weighted by molar-refractivity contribution is 6.30. The van der Waals surface area contributed by atoms with Gasteiger partial charge < -0.3 is 19.1 Å². The minimum absolute atomic E-state index is 0.0342. The highest BCUT2D eigenvalue weighted by atomic mass is 35.5. The second-order valence-corrected chi connectivity index (χ2v) is 6.28. The molecule has 0 fully saturated rings. The molecule has 6 heteroatoms. The molecule has 0 aliphatic heterocycles. The molecular formula is C19H20ClN2O3+. The third kappa shape index (κ3) is 5.52. The average molecular weight is 360 g/mol. The lowest BCUT2D eigenvalue weighted by Gasteiger charge is -2.17. The highest BCUT2D eigenvalue weighted by Gasteiger charge is 2.18. The molecule has 3 aromatic rings. The van der Waals surface area contributed by atoms with Crippen molar-refractivity contribution < 1.29 is 18.5 Å². The number of quaternary nitrogens is 1. The minimum Gasteiger partial charge on any atom is -0.463 e. The lowest BCUT2D eigenvalue weighted by molar-refractivity contribution is -0.921. The molecule has 0 saturated carbocycles. The second kappa shape index (κ2) is 8.55. The number of rotatable bonds is 8. The molecule has 2 aromatic heterocycles. The summed E-state index contributed by atoms with van der Waals surface area (Å²) in [6.45, 7) is 1.99. The van der Waals surface area contributed by atoms with Crippen molar-refractivity contribution in [2.45, 2.75) is 19.6 Å². The molecule has 25 heavy (non-hydrogen) atoms. The van der Waals surface area contributed by atoms with Crippen LogP contribution in [0.4, 0.5) is 0 Å². The summed E-state index contributed by atoms with van der Waals surface area (Å²) in [7, 11) is 0. The number of furan rings is 2. The van der Waals surface area contributed by atoms with Gasteiger partial charge in [-0.15, -0.1) is 0 Å². The van der Waals surface area contributed by atoms with Crippen LogP contribution in [0.15, 0.2) is 69.9 Å². The molecule has 1 aromatic carbocycles. The van der Waals surface area contributed by atoms with Crippen molar-refractivity contribution in [3.05, 3.63) is 83.2 Å². The molecule has 0 saturated heterocycles. The molecule has 0 atom stereocenters. The second-order valence-electron chi connectivity index (χ2n) is 5.85. The normalized spacial score (nSPS) is 11.0. The SMILES string of the molecule is O=C(C[NH+](Cc1ccco1)Cc1ccco1)NCc1cccc(Cl)c1. The molecule has 1 amide bonds. The average Bonchev–Trinajstić information content (AvgIpc) is 3.27. The standard InChI is InChI=1S/C19H19ClN2O3/c20-16-5-1-4-15(10-16)11-21-19(23)14-22(12-17-6-2-8-24-17)13-18-7-3-9-25-18/h1-10H,11-14H2,(H,21,23)/p+1. The van der Waals surface area contributed by atoms with E-state index in [1.165, 1.54) is 0 Å². The number of halogens is 1. The summed E-state index contributed by atoms with van der Waals surface area (Å²) in [5.74, 6) is 1.64. The molecule has 5 nitrogen and oxygen atoms in total. The topological polar surface area (TPSA) is 59.8 Å². The van der Waals surface area contributed by atoms with Crippen LogP contribution < -0.4 is 10.2 Å². The summed E-state index contributed by atoms with van der Waals surface area (Å²) in [6.07, 6.45) is 3.28. The zero-order valence-corrected chi connectivity index (χ0v) is 14.5. The van der Waals surface area contributed by atoms with Gasteiger partial charge in [0.2, 0.25) is 0 Å². The van der Waals surface area contributed by atoms with Gasteiger partial charge in [-0.2, -0.15) is 0 Å². The number of amides is 1. The van der Waals surface area contributed by atoms with Gasteiger partial charge in [0.1, 0.15) is 13.1 Å². The monoisotopic (exact) mass is 359 g/mol. The Labute approximate surface area is 151 Å². The fourth-order valence-electron chi connectivity index (χ4n) is 2.64. The number of hydrogen-bond donors (Lipinski definition) is 2. The van der Waals surface area contributed by atoms with Crippen LogP contribution in [0.5, 0.6) is 0 Å². The van der Waals surface area contributed by atoms with Crippen molar-refractivity contribution in [1.29, 1.82) is 0 Å². The number of benzene rings is 1. The molecule has 2 N–H and O–H groups in total. The first kappa shape index (κ1) is 17.3. The lowest BCUT2D eigenvalue weighted by atomic mass is 10.2. The molecule has 0 radical (unpaired) electrons. The van der Waals surface area contributed by atoms with Crippen LogP contribution in [0.1, 0.15) is 17.1 Å². The van der Waals surface area contributed by atoms with Crippen LogP contribution in [0.25, 0.3) is 0 Å². The van der Waals surface area contributed by atoms with Gasteiger partial charge in [0.25, 0.3) is 5.91 Å². The van der Waals surface area contributed by atoms with Gasteiger partial charge in [-0.3, -0.25) is 4.79 Å². The summed E-state index contributed by atoms with van der Waals surface area (Å²) in [6, 6.07) is 15.0. The molecule has 0 spiro atoms. The first-order valence-electron chi connectivity index (χ1n) is 8.08. The van der Waals surface area contributed by atoms with E-state index in [1.807, 2.05) is 48.5 Å². The van der Waals surface area contributed by atoms with Gasteiger partial charge in [0, 0.05) is 11.6 Å². The molecule has 0 bridgehead atoms. The van der Waals surface area contributed by atoms with Crippen LogP contribution >= 0.6 is 11.6 Å². The number of nitrogens with one attached hydrogen (secondary N) is 2. The minimum atomic E-state index is -0.0342. The Balaban J connectivity index is 1.57. The summed E-state index contributed by atoms with van der Waals surface area (Å²) in [4.78, 5) is 13.4. The molecule has 130 valence electrons. The zero-order valence-electron chi connectivity index (χ0n) is 13.7. The Hall–Kier alpha value is -2.50. The van der Waals surface area contributed by atoms with Crippen molar-refractivity contribution in [3.63, 3.8) is 0 Å². The Kier molecular flexibility index (Phi) is 5.93. The largest absolute Gasteiger partial charge is 0.463 e. The predicted octanol–water partition coefficient (Wildman–Crippen LogP) is 2.43. The van der Waals surface area contributed by atoms with Crippen LogP contribution in [-0.4, -0.2) is 12.5 Å². The van der Waals surface area contributed by atoms with Crippen LogP contribution in [0.2, 0.25) is 5.02 Å². The third-order valence-electron chi connectivity index (χ3n) is 3.80. The lowest BCUT2D eigenvalue weighted by Crippen LogP contribution is -3.10. The van der Waals surface area contributed by atoms with E-state index in [4.69, 9.17) is 20.4 Å².